The molecule has 0 radical (unpaired) electrons. The molecule has 2 aromatic heterocycles. The van der Waals surface area contributed by atoms with Gasteiger partial charge in [-0.15, -0.1) is 0 Å². The van der Waals surface area contributed by atoms with Gasteiger partial charge in [-0.2, -0.15) is 5.10 Å². The molecule has 8 nitrogen and oxygen atoms in total. The Morgan fingerprint density at radius 1 is 1.50 bits per heavy atom. The first-order chi connectivity index (χ1) is 8.49. The summed E-state index contributed by atoms with van der Waals surface area (Å²) in [5.74, 6) is -1.21. The summed E-state index contributed by atoms with van der Waals surface area (Å²) in [5.41, 5.74) is -0.992. The van der Waals surface area contributed by atoms with Gasteiger partial charge in [0.1, 0.15) is 11.8 Å². The first kappa shape index (κ1) is 12.2. The van der Waals surface area contributed by atoms with Gasteiger partial charge in [-0.05, 0) is 15.9 Å². The van der Waals surface area contributed by atoms with Crippen LogP contribution >= 0.6 is 15.9 Å². The first-order valence-electron chi connectivity index (χ1n) is 4.57. The molecule has 2 rings (SSSR count). The fraction of sp³-hybridized carbons (Fsp3) is 0. The van der Waals surface area contributed by atoms with E-state index in [1.807, 2.05) is 0 Å². The number of carboxylic acids is 1. The minimum atomic E-state index is -1.39. The molecule has 0 aliphatic carbocycles. The Bertz CT molecular complexity index is 639. The van der Waals surface area contributed by atoms with Crippen molar-refractivity contribution in [3.05, 3.63) is 44.8 Å². The number of nitrogens with zero attached hydrogens (tertiary/aromatic N) is 4. The minimum Gasteiger partial charge on any atom is -0.477 e. The number of carboxylic acid groups (broad SMARTS) is 1. The summed E-state index contributed by atoms with van der Waals surface area (Å²) in [4.78, 5) is 24.6. The summed E-state index contributed by atoms with van der Waals surface area (Å²) in [7, 11) is 0. The SMILES string of the molecule is O=C(O)c1cc(-n2cc(Br)cn2)ncc1[N+](=O)[O-]. The van der Waals surface area contributed by atoms with Gasteiger partial charge in [-0.1, -0.05) is 0 Å². The van der Waals surface area contributed by atoms with Gasteiger partial charge in [0.25, 0.3) is 0 Å². The lowest BCUT2D eigenvalue weighted by molar-refractivity contribution is -0.385. The van der Waals surface area contributed by atoms with Gasteiger partial charge < -0.3 is 5.11 Å². The Labute approximate surface area is 108 Å². The molecule has 1 N–H and O–H groups in total. The van der Waals surface area contributed by atoms with E-state index in [1.54, 1.807) is 6.20 Å². The predicted octanol–water partition coefficient (Wildman–Crippen LogP) is 1.64. The lowest BCUT2D eigenvalue weighted by Crippen LogP contribution is -2.07. The van der Waals surface area contributed by atoms with Crippen molar-refractivity contribution in [1.82, 2.24) is 14.8 Å². The van der Waals surface area contributed by atoms with E-state index in [4.69, 9.17) is 5.11 Å². The van der Waals surface area contributed by atoms with Crippen LogP contribution in [-0.2, 0) is 0 Å². The highest BCUT2D eigenvalue weighted by Crippen LogP contribution is 2.20. The van der Waals surface area contributed by atoms with E-state index in [1.165, 1.54) is 10.9 Å². The van der Waals surface area contributed by atoms with Crippen molar-refractivity contribution >= 4 is 27.6 Å². The van der Waals surface area contributed by atoms with Crippen molar-refractivity contribution in [2.24, 2.45) is 0 Å². The molecule has 2 aromatic rings. The summed E-state index contributed by atoms with van der Waals surface area (Å²) >= 11 is 3.18. The number of aromatic carboxylic acids is 1. The number of rotatable bonds is 3. The van der Waals surface area contributed by atoms with Crippen LogP contribution in [0.5, 0.6) is 0 Å². The molecule has 0 spiro atoms. The highest BCUT2D eigenvalue weighted by atomic mass is 79.9. The number of nitro groups is 1. The Kier molecular flexibility index (Phi) is 3.06. The third-order valence-electron chi connectivity index (χ3n) is 2.08. The van der Waals surface area contributed by atoms with Crippen LogP contribution in [0.25, 0.3) is 5.82 Å². The van der Waals surface area contributed by atoms with Gasteiger partial charge in [0, 0.05) is 12.3 Å². The summed E-state index contributed by atoms with van der Waals surface area (Å²) in [5, 5.41) is 23.5. The summed E-state index contributed by atoms with van der Waals surface area (Å²) < 4.78 is 1.99. The summed E-state index contributed by atoms with van der Waals surface area (Å²) in [6.07, 6.45) is 3.94. The van der Waals surface area contributed by atoms with Crippen molar-refractivity contribution in [3.8, 4) is 5.82 Å². The zero-order chi connectivity index (χ0) is 13.3. The molecule has 18 heavy (non-hydrogen) atoms. The maximum atomic E-state index is 10.9. The third-order valence-corrected chi connectivity index (χ3v) is 2.49. The molecule has 0 atom stereocenters. The molecule has 0 saturated heterocycles. The van der Waals surface area contributed by atoms with Crippen LogP contribution in [0.15, 0.2) is 29.1 Å². The maximum absolute atomic E-state index is 10.9. The average Bonchev–Trinajstić information content (AvgIpc) is 2.75. The molecule has 0 aliphatic rings. The highest BCUT2D eigenvalue weighted by Gasteiger charge is 2.21. The zero-order valence-corrected chi connectivity index (χ0v) is 10.2. The zero-order valence-electron chi connectivity index (χ0n) is 8.65. The lowest BCUT2D eigenvalue weighted by atomic mass is 10.2. The quantitative estimate of drug-likeness (QED) is 0.681. The molecule has 0 saturated carbocycles. The number of pyridine rings is 1. The summed E-state index contributed by atoms with van der Waals surface area (Å²) in [6, 6.07) is 1.10. The molecule has 2 heterocycles. The fourth-order valence-electron chi connectivity index (χ4n) is 1.31. The van der Waals surface area contributed by atoms with E-state index in [2.05, 4.69) is 26.0 Å². The van der Waals surface area contributed by atoms with Gasteiger partial charge in [-0.25, -0.2) is 14.5 Å². The molecule has 0 bridgehead atoms. The topological polar surface area (TPSA) is 111 Å². The maximum Gasteiger partial charge on any atom is 0.342 e. The minimum absolute atomic E-state index is 0.184. The van der Waals surface area contributed by atoms with Gasteiger partial charge >= 0.3 is 11.7 Å². The summed E-state index contributed by atoms with van der Waals surface area (Å²) in [6.45, 7) is 0. The highest BCUT2D eigenvalue weighted by molar-refractivity contribution is 9.10. The Morgan fingerprint density at radius 3 is 2.72 bits per heavy atom. The van der Waals surface area contributed by atoms with E-state index in [9.17, 15) is 14.9 Å². The van der Waals surface area contributed by atoms with Gasteiger partial charge in [-0.3, -0.25) is 10.1 Å². The molecular weight excluding hydrogens is 308 g/mol. The number of carbonyl (C=O) groups is 1. The second-order valence-corrected chi connectivity index (χ2v) is 4.14. The van der Waals surface area contributed by atoms with Gasteiger partial charge in [0.15, 0.2) is 5.82 Å². The van der Waals surface area contributed by atoms with Crippen LogP contribution in [0.3, 0.4) is 0 Å². The van der Waals surface area contributed by atoms with Crippen molar-refractivity contribution in [2.45, 2.75) is 0 Å². The molecule has 92 valence electrons. The molecule has 9 heteroatoms. The second kappa shape index (κ2) is 4.53. The third kappa shape index (κ3) is 2.20. The lowest BCUT2D eigenvalue weighted by Gasteiger charge is -2.02. The number of halogens is 1. The number of hydrogen-bond acceptors (Lipinski definition) is 5. The van der Waals surface area contributed by atoms with E-state index in [-0.39, 0.29) is 5.82 Å². The molecule has 0 unspecified atom stereocenters. The van der Waals surface area contributed by atoms with Crippen molar-refractivity contribution in [3.63, 3.8) is 0 Å². The Hall–Kier alpha value is -2.29. The monoisotopic (exact) mass is 312 g/mol. The Balaban J connectivity index is 2.56. The van der Waals surface area contributed by atoms with Crippen LogP contribution in [-0.4, -0.2) is 30.8 Å². The normalized spacial score (nSPS) is 10.3. The van der Waals surface area contributed by atoms with E-state index in [0.717, 1.165) is 12.3 Å². The molecule has 0 fully saturated rings. The van der Waals surface area contributed by atoms with Crippen LogP contribution < -0.4 is 0 Å². The van der Waals surface area contributed by atoms with Crippen molar-refractivity contribution < 1.29 is 14.8 Å². The molecule has 0 aromatic carbocycles. The van der Waals surface area contributed by atoms with Crippen LogP contribution in [0.4, 0.5) is 5.69 Å². The first-order valence-corrected chi connectivity index (χ1v) is 5.36. The van der Waals surface area contributed by atoms with Crippen molar-refractivity contribution in [2.75, 3.05) is 0 Å². The van der Waals surface area contributed by atoms with Crippen LogP contribution in [0.1, 0.15) is 10.4 Å². The van der Waals surface area contributed by atoms with Gasteiger partial charge in [0.05, 0.1) is 15.6 Å². The second-order valence-electron chi connectivity index (χ2n) is 3.23. The standard InChI is InChI=1S/C9H5BrN4O4/c10-5-2-12-13(4-5)8-1-6(9(15)16)7(3-11-8)14(17)18/h1-4H,(H,15,16). The largest absolute Gasteiger partial charge is 0.477 e. The average molecular weight is 313 g/mol. The smallest absolute Gasteiger partial charge is 0.342 e. The fourth-order valence-corrected chi connectivity index (χ4v) is 1.59. The van der Waals surface area contributed by atoms with Crippen molar-refractivity contribution in [1.29, 1.82) is 0 Å². The molecule has 0 amide bonds. The van der Waals surface area contributed by atoms with Gasteiger partial charge in [0.2, 0.25) is 0 Å². The van der Waals surface area contributed by atoms with E-state index < -0.39 is 22.1 Å². The number of hydrogen-bond donors (Lipinski definition) is 1. The number of aromatic nitrogens is 3. The van der Waals surface area contributed by atoms with Crippen LogP contribution in [0.2, 0.25) is 0 Å². The Morgan fingerprint density at radius 2 is 2.22 bits per heavy atom. The van der Waals surface area contributed by atoms with Crippen LogP contribution in [0, 0.1) is 10.1 Å². The van der Waals surface area contributed by atoms with E-state index >= 15 is 0 Å². The molecular formula is C9H5BrN4O4. The molecule has 0 aliphatic heterocycles. The predicted molar refractivity (Wildman–Crippen MR) is 62.7 cm³/mol. The van der Waals surface area contributed by atoms with E-state index in [0.29, 0.717) is 4.47 Å².